The van der Waals surface area contributed by atoms with Crippen molar-refractivity contribution in [1.82, 2.24) is 4.90 Å². The molecule has 2 rings (SSSR count). The Kier molecular flexibility index (Phi) is 3.25. The van der Waals surface area contributed by atoms with Crippen LogP contribution in [0.4, 0.5) is 0 Å². The minimum absolute atomic E-state index is 0.00519. The van der Waals surface area contributed by atoms with Gasteiger partial charge in [0, 0.05) is 19.1 Å². The lowest BCUT2D eigenvalue weighted by atomic mass is 9.84. The lowest BCUT2D eigenvalue weighted by Crippen LogP contribution is -2.44. The Labute approximate surface area is 102 Å². The van der Waals surface area contributed by atoms with E-state index in [1.165, 1.54) is 4.90 Å². The molecule has 1 saturated heterocycles. The molecule has 4 heteroatoms. The van der Waals surface area contributed by atoms with Gasteiger partial charge in [0.1, 0.15) is 0 Å². The molecule has 1 saturated carbocycles. The fourth-order valence-electron chi connectivity index (χ4n) is 3.08. The van der Waals surface area contributed by atoms with Gasteiger partial charge < -0.3 is 5.11 Å². The normalized spacial score (nSPS) is 26.9. The number of likely N-dealkylation sites (tertiary alicyclic amines) is 1. The first-order valence-electron chi connectivity index (χ1n) is 6.49. The van der Waals surface area contributed by atoms with Gasteiger partial charge in [-0.05, 0) is 25.7 Å². The second-order valence-corrected chi connectivity index (χ2v) is 5.63. The fourth-order valence-corrected chi connectivity index (χ4v) is 3.08. The Hall–Kier alpha value is -0.900. The Morgan fingerprint density at radius 3 is 2.41 bits per heavy atom. The van der Waals surface area contributed by atoms with Crippen LogP contribution in [0.2, 0.25) is 0 Å². The van der Waals surface area contributed by atoms with E-state index in [1.807, 2.05) is 13.8 Å². The summed E-state index contributed by atoms with van der Waals surface area (Å²) in [5.41, 5.74) is -0.388. The topological polar surface area (TPSA) is 57.6 Å². The molecular formula is C13H21NO3. The molecule has 1 aliphatic heterocycles. The number of hydrogen-bond donors (Lipinski definition) is 1. The van der Waals surface area contributed by atoms with E-state index in [-0.39, 0.29) is 35.8 Å². The van der Waals surface area contributed by atoms with Gasteiger partial charge in [0.25, 0.3) is 0 Å². The van der Waals surface area contributed by atoms with Crippen LogP contribution in [0.1, 0.15) is 46.0 Å². The predicted octanol–water partition coefficient (Wildman–Crippen LogP) is 1.32. The molecule has 0 radical (unpaired) electrons. The molecule has 0 aromatic heterocycles. The van der Waals surface area contributed by atoms with Crippen LogP contribution in [0.15, 0.2) is 0 Å². The predicted molar refractivity (Wildman–Crippen MR) is 63.1 cm³/mol. The van der Waals surface area contributed by atoms with Crippen molar-refractivity contribution in [2.45, 2.75) is 52.0 Å². The number of carbonyl (C=O) groups excluding carboxylic acids is 2. The number of hydrogen-bond acceptors (Lipinski definition) is 3. The van der Waals surface area contributed by atoms with Gasteiger partial charge in [0.2, 0.25) is 11.8 Å². The van der Waals surface area contributed by atoms with Gasteiger partial charge in [-0.25, -0.2) is 0 Å². The van der Waals surface area contributed by atoms with Gasteiger partial charge in [-0.2, -0.15) is 0 Å². The zero-order valence-electron chi connectivity index (χ0n) is 10.6. The van der Waals surface area contributed by atoms with E-state index in [2.05, 4.69) is 0 Å². The van der Waals surface area contributed by atoms with Crippen LogP contribution >= 0.6 is 0 Å². The molecule has 2 aliphatic rings. The van der Waals surface area contributed by atoms with E-state index >= 15 is 0 Å². The molecular weight excluding hydrogens is 218 g/mol. The molecule has 1 heterocycles. The van der Waals surface area contributed by atoms with E-state index in [0.717, 1.165) is 25.7 Å². The lowest BCUT2D eigenvalue weighted by Gasteiger charge is -2.29. The second kappa shape index (κ2) is 4.41. The number of nitrogens with zero attached hydrogens (tertiary/aromatic N) is 1. The van der Waals surface area contributed by atoms with E-state index in [0.29, 0.717) is 6.42 Å². The van der Waals surface area contributed by atoms with Crippen molar-refractivity contribution >= 4 is 11.8 Å². The average Bonchev–Trinajstić information content (AvgIpc) is 2.85. The number of amides is 2. The highest BCUT2D eigenvalue weighted by Gasteiger charge is 2.54. The molecule has 0 bridgehead atoms. The Morgan fingerprint density at radius 1 is 1.29 bits per heavy atom. The van der Waals surface area contributed by atoms with E-state index in [9.17, 15) is 9.59 Å². The minimum Gasteiger partial charge on any atom is -0.396 e. The summed E-state index contributed by atoms with van der Waals surface area (Å²) in [4.78, 5) is 25.9. The summed E-state index contributed by atoms with van der Waals surface area (Å²) in [6.45, 7) is 3.72. The molecule has 1 spiro atoms. The summed E-state index contributed by atoms with van der Waals surface area (Å²) >= 11 is 0. The van der Waals surface area contributed by atoms with Crippen molar-refractivity contribution < 1.29 is 14.7 Å². The van der Waals surface area contributed by atoms with Gasteiger partial charge in [-0.1, -0.05) is 19.8 Å². The fraction of sp³-hybridized carbons (Fsp3) is 0.846. The summed E-state index contributed by atoms with van der Waals surface area (Å²) in [7, 11) is 0. The molecule has 2 amide bonds. The third kappa shape index (κ3) is 1.88. The first-order valence-corrected chi connectivity index (χ1v) is 6.49. The first-order chi connectivity index (χ1) is 8.02. The molecule has 17 heavy (non-hydrogen) atoms. The van der Waals surface area contributed by atoms with Crippen LogP contribution in [0.5, 0.6) is 0 Å². The summed E-state index contributed by atoms with van der Waals surface area (Å²) < 4.78 is 0. The SMILES string of the molecule is CC(CO)C(C)N1C(=O)CC2(CCCC2)C1=O. The van der Waals surface area contributed by atoms with Crippen molar-refractivity contribution in [1.29, 1.82) is 0 Å². The average molecular weight is 239 g/mol. The Balaban J connectivity index is 2.19. The third-order valence-corrected chi connectivity index (χ3v) is 4.51. The van der Waals surface area contributed by atoms with E-state index < -0.39 is 0 Å². The Morgan fingerprint density at radius 2 is 1.88 bits per heavy atom. The lowest BCUT2D eigenvalue weighted by molar-refractivity contribution is -0.145. The maximum absolute atomic E-state index is 12.4. The highest BCUT2D eigenvalue weighted by atomic mass is 16.3. The smallest absolute Gasteiger partial charge is 0.236 e. The van der Waals surface area contributed by atoms with Crippen molar-refractivity contribution in [2.24, 2.45) is 11.3 Å². The number of aliphatic hydroxyl groups is 1. The standard InChI is InChI=1S/C13H21NO3/c1-9(8-15)10(2)14-11(16)7-13(12(14)17)5-3-4-6-13/h9-10,15H,3-8H2,1-2H3. The van der Waals surface area contributed by atoms with E-state index in [1.54, 1.807) is 0 Å². The molecule has 0 aromatic rings. The number of carbonyl (C=O) groups is 2. The van der Waals surface area contributed by atoms with Crippen molar-refractivity contribution in [3.05, 3.63) is 0 Å². The van der Waals surface area contributed by atoms with Crippen LogP contribution in [0.3, 0.4) is 0 Å². The molecule has 1 N–H and O–H groups in total. The maximum Gasteiger partial charge on any atom is 0.236 e. The van der Waals surface area contributed by atoms with Crippen molar-refractivity contribution in [3.8, 4) is 0 Å². The third-order valence-electron chi connectivity index (χ3n) is 4.51. The van der Waals surface area contributed by atoms with Crippen LogP contribution < -0.4 is 0 Å². The van der Waals surface area contributed by atoms with Gasteiger partial charge in [-0.15, -0.1) is 0 Å². The molecule has 1 aliphatic carbocycles. The van der Waals surface area contributed by atoms with Crippen LogP contribution in [-0.2, 0) is 9.59 Å². The van der Waals surface area contributed by atoms with Gasteiger partial charge >= 0.3 is 0 Å². The summed E-state index contributed by atoms with van der Waals surface area (Å²) in [5, 5.41) is 9.15. The summed E-state index contributed by atoms with van der Waals surface area (Å²) in [5.74, 6) is -0.100. The number of imide groups is 1. The second-order valence-electron chi connectivity index (χ2n) is 5.63. The number of rotatable bonds is 3. The number of aliphatic hydroxyl groups excluding tert-OH is 1. The van der Waals surface area contributed by atoms with Gasteiger partial charge in [-0.3, -0.25) is 14.5 Å². The van der Waals surface area contributed by atoms with Crippen molar-refractivity contribution in [3.63, 3.8) is 0 Å². The Bertz CT molecular complexity index is 334. The zero-order chi connectivity index (χ0) is 12.6. The molecule has 4 nitrogen and oxygen atoms in total. The van der Waals surface area contributed by atoms with Gasteiger partial charge in [0.05, 0.1) is 5.41 Å². The minimum atomic E-state index is -0.388. The van der Waals surface area contributed by atoms with Crippen LogP contribution in [-0.4, -0.2) is 34.5 Å². The quantitative estimate of drug-likeness (QED) is 0.756. The molecule has 0 aromatic carbocycles. The van der Waals surface area contributed by atoms with E-state index in [4.69, 9.17) is 5.11 Å². The van der Waals surface area contributed by atoms with Gasteiger partial charge in [0.15, 0.2) is 0 Å². The highest BCUT2D eigenvalue weighted by molar-refractivity contribution is 6.06. The maximum atomic E-state index is 12.4. The van der Waals surface area contributed by atoms with Crippen LogP contribution in [0, 0.1) is 11.3 Å². The zero-order valence-corrected chi connectivity index (χ0v) is 10.6. The molecule has 2 unspecified atom stereocenters. The monoisotopic (exact) mass is 239 g/mol. The first kappa shape index (κ1) is 12.6. The van der Waals surface area contributed by atoms with Crippen LogP contribution in [0.25, 0.3) is 0 Å². The summed E-state index contributed by atoms with van der Waals surface area (Å²) in [6, 6.07) is -0.194. The molecule has 2 atom stereocenters. The highest BCUT2D eigenvalue weighted by Crippen LogP contribution is 2.47. The molecule has 96 valence electrons. The summed E-state index contributed by atoms with van der Waals surface area (Å²) in [6.07, 6.45) is 4.20. The largest absolute Gasteiger partial charge is 0.396 e. The molecule has 2 fully saturated rings. The van der Waals surface area contributed by atoms with Crippen molar-refractivity contribution in [2.75, 3.05) is 6.61 Å².